The summed E-state index contributed by atoms with van der Waals surface area (Å²) in [5, 5.41) is 5.31. The molecule has 0 aliphatic carbocycles. The third-order valence-corrected chi connectivity index (χ3v) is 5.48. The van der Waals surface area contributed by atoms with Crippen molar-refractivity contribution < 1.29 is 31.7 Å². The molecule has 3 amide bonds. The molecular formula is C14H25N7O7S. The van der Waals surface area contributed by atoms with Gasteiger partial charge in [0.1, 0.15) is 6.04 Å². The fraction of sp³-hybridized carbons (Fsp3) is 0.714. The first kappa shape index (κ1) is 21.5. The fourth-order valence-corrected chi connectivity index (χ4v) is 4.15. The summed E-state index contributed by atoms with van der Waals surface area (Å²) in [4.78, 5) is 31.2. The van der Waals surface area contributed by atoms with Crippen LogP contribution in [0.1, 0.15) is 19.3 Å². The molecule has 15 heteroatoms. The summed E-state index contributed by atoms with van der Waals surface area (Å²) in [7, 11) is -4.83. The molecule has 3 aliphatic heterocycles. The predicted octanol–water partition coefficient (Wildman–Crippen LogP) is -2.63. The van der Waals surface area contributed by atoms with Gasteiger partial charge in [0, 0.05) is 31.5 Å². The molecule has 0 unspecified atom stereocenters. The number of piperidine rings is 1. The van der Waals surface area contributed by atoms with E-state index in [9.17, 15) is 18.0 Å². The number of hydrogen-bond donors (Lipinski definition) is 5. The standard InChI is InChI=1S/C14H25N7O7S/c15-3-4-20(16)11-5-9(17-6-11)8-27-18-13(22)12-2-1-10-7-19(12)14(23)21(10)28-29(24,25)26/h3-4,9-12,17H,1-2,5-8,15-16H2,(H,18,22)(H,24,25,26)/b4-3-/t9-,10-,11-,12-/m0/s1. The van der Waals surface area contributed by atoms with Crippen molar-refractivity contribution in [2.45, 2.75) is 43.4 Å². The molecular weight excluding hydrogens is 410 g/mol. The second-order valence-corrected chi connectivity index (χ2v) is 8.08. The summed E-state index contributed by atoms with van der Waals surface area (Å²) >= 11 is 0. The summed E-state index contributed by atoms with van der Waals surface area (Å²) in [6, 6.07) is -2.17. The molecule has 3 saturated heterocycles. The molecule has 0 aromatic rings. The van der Waals surface area contributed by atoms with Crippen molar-refractivity contribution in [3.05, 3.63) is 12.4 Å². The topological polar surface area (TPSA) is 193 Å². The van der Waals surface area contributed by atoms with E-state index in [2.05, 4.69) is 15.1 Å². The Balaban J connectivity index is 1.46. The minimum Gasteiger partial charge on any atom is -0.403 e. The van der Waals surface area contributed by atoms with Crippen molar-refractivity contribution in [2.75, 3.05) is 19.7 Å². The first-order chi connectivity index (χ1) is 13.7. The van der Waals surface area contributed by atoms with Crippen molar-refractivity contribution in [2.24, 2.45) is 11.6 Å². The molecule has 29 heavy (non-hydrogen) atoms. The quantitative estimate of drug-likeness (QED) is 0.152. The van der Waals surface area contributed by atoms with Gasteiger partial charge in [0.15, 0.2) is 0 Å². The molecule has 14 nitrogen and oxygen atoms in total. The zero-order chi connectivity index (χ0) is 21.2. The van der Waals surface area contributed by atoms with Crippen LogP contribution in [0.5, 0.6) is 0 Å². The van der Waals surface area contributed by atoms with E-state index in [1.165, 1.54) is 16.1 Å². The van der Waals surface area contributed by atoms with Crippen LogP contribution in [0.15, 0.2) is 12.4 Å². The van der Waals surface area contributed by atoms with Gasteiger partial charge in [-0.25, -0.2) is 16.1 Å². The Morgan fingerprint density at radius 1 is 1.45 bits per heavy atom. The summed E-state index contributed by atoms with van der Waals surface area (Å²) < 4.78 is 34.9. The minimum absolute atomic E-state index is 0.0275. The number of amides is 3. The van der Waals surface area contributed by atoms with Crippen molar-refractivity contribution in [1.82, 2.24) is 25.8 Å². The van der Waals surface area contributed by atoms with Crippen LogP contribution in [-0.4, -0.2) is 83.7 Å². The summed E-state index contributed by atoms with van der Waals surface area (Å²) in [5.74, 6) is 5.31. The van der Waals surface area contributed by atoms with Gasteiger partial charge in [0.2, 0.25) is 0 Å². The molecule has 7 N–H and O–H groups in total. The molecule has 3 rings (SSSR count). The number of carbonyl (C=O) groups excluding carboxylic acids is 2. The van der Waals surface area contributed by atoms with Gasteiger partial charge in [0.25, 0.3) is 5.91 Å². The SMILES string of the molecule is N/C=C\N(N)[C@@H]1CN[C@H](CONC(=O)[C@@H]2CC[C@H]3CN2C(=O)N3OS(=O)(=O)O)C1. The molecule has 2 bridgehead atoms. The zero-order valence-electron chi connectivity index (χ0n) is 15.5. The molecule has 0 saturated carbocycles. The lowest BCUT2D eigenvalue weighted by Crippen LogP contribution is -2.50. The van der Waals surface area contributed by atoms with E-state index in [1.54, 1.807) is 6.20 Å². The van der Waals surface area contributed by atoms with Crippen LogP contribution in [0.3, 0.4) is 0 Å². The van der Waals surface area contributed by atoms with Gasteiger partial charge in [-0.15, -0.1) is 4.28 Å². The third-order valence-electron chi connectivity index (χ3n) is 5.14. The lowest BCUT2D eigenvalue weighted by molar-refractivity contribution is -0.139. The average molecular weight is 435 g/mol. The van der Waals surface area contributed by atoms with E-state index in [0.29, 0.717) is 30.9 Å². The molecule has 3 heterocycles. The van der Waals surface area contributed by atoms with Gasteiger partial charge in [-0.1, -0.05) is 0 Å². The van der Waals surface area contributed by atoms with Crippen LogP contribution >= 0.6 is 0 Å². The lowest BCUT2D eigenvalue weighted by Gasteiger charge is -2.29. The van der Waals surface area contributed by atoms with Crippen LogP contribution in [0.2, 0.25) is 0 Å². The van der Waals surface area contributed by atoms with Crippen molar-refractivity contribution in [1.29, 1.82) is 0 Å². The Morgan fingerprint density at radius 2 is 2.21 bits per heavy atom. The number of hydroxylamine groups is 3. The van der Waals surface area contributed by atoms with Gasteiger partial charge < -0.3 is 21.0 Å². The highest BCUT2D eigenvalue weighted by atomic mass is 32.3. The van der Waals surface area contributed by atoms with Crippen LogP contribution in [0.25, 0.3) is 0 Å². The van der Waals surface area contributed by atoms with Crippen LogP contribution in [-0.2, 0) is 24.3 Å². The van der Waals surface area contributed by atoms with E-state index in [-0.39, 0.29) is 25.2 Å². The first-order valence-corrected chi connectivity index (χ1v) is 10.4. The number of carbonyl (C=O) groups is 2. The Bertz CT molecular complexity index is 763. The number of hydrogen-bond acceptors (Lipinski definition) is 10. The molecule has 164 valence electrons. The van der Waals surface area contributed by atoms with E-state index >= 15 is 0 Å². The largest absolute Gasteiger partial charge is 0.418 e. The fourth-order valence-electron chi connectivity index (χ4n) is 3.76. The second-order valence-electron chi connectivity index (χ2n) is 7.07. The Labute approximate surface area is 167 Å². The number of fused-ring (bicyclic) bond motifs is 2. The van der Waals surface area contributed by atoms with Gasteiger partial charge >= 0.3 is 16.4 Å². The first-order valence-electron chi connectivity index (χ1n) is 9.03. The van der Waals surface area contributed by atoms with Crippen LogP contribution in [0, 0.1) is 0 Å². The van der Waals surface area contributed by atoms with Gasteiger partial charge in [-0.3, -0.25) is 14.2 Å². The average Bonchev–Trinajstić information content (AvgIpc) is 3.21. The van der Waals surface area contributed by atoms with Crippen molar-refractivity contribution in [3.63, 3.8) is 0 Å². The van der Waals surface area contributed by atoms with Crippen LogP contribution < -0.4 is 22.4 Å². The molecule has 3 fully saturated rings. The maximum atomic E-state index is 12.4. The van der Waals surface area contributed by atoms with Gasteiger partial charge in [0.05, 0.1) is 18.7 Å². The number of hydrazine groups is 1. The number of nitrogens with one attached hydrogen (secondary N) is 2. The monoisotopic (exact) mass is 435 g/mol. The molecule has 0 radical (unpaired) electrons. The lowest BCUT2D eigenvalue weighted by atomic mass is 10.0. The smallest absolute Gasteiger partial charge is 0.403 e. The van der Waals surface area contributed by atoms with E-state index in [0.717, 1.165) is 0 Å². The maximum Gasteiger partial charge on any atom is 0.418 e. The van der Waals surface area contributed by atoms with Crippen molar-refractivity contribution >= 4 is 22.3 Å². The highest BCUT2D eigenvalue weighted by molar-refractivity contribution is 7.80. The minimum atomic E-state index is -4.83. The summed E-state index contributed by atoms with van der Waals surface area (Å²) in [6.45, 7) is 0.946. The molecule has 4 atom stereocenters. The maximum absolute atomic E-state index is 12.4. The Morgan fingerprint density at radius 3 is 2.90 bits per heavy atom. The Kier molecular flexibility index (Phi) is 6.45. The van der Waals surface area contributed by atoms with Gasteiger partial charge in [-0.05, 0) is 19.3 Å². The van der Waals surface area contributed by atoms with E-state index in [4.69, 9.17) is 21.0 Å². The molecule has 0 aromatic heterocycles. The predicted molar refractivity (Wildman–Crippen MR) is 97.0 cm³/mol. The highest BCUT2D eigenvalue weighted by Gasteiger charge is 2.49. The van der Waals surface area contributed by atoms with E-state index < -0.39 is 34.4 Å². The summed E-state index contributed by atoms with van der Waals surface area (Å²) in [6.07, 6.45) is 4.24. The third kappa shape index (κ3) is 5.06. The molecule has 0 aromatic carbocycles. The molecule has 0 spiro atoms. The second kappa shape index (κ2) is 8.68. The van der Waals surface area contributed by atoms with Crippen LogP contribution in [0.4, 0.5) is 4.79 Å². The highest BCUT2D eigenvalue weighted by Crippen LogP contribution is 2.30. The van der Waals surface area contributed by atoms with Gasteiger partial charge in [-0.2, -0.15) is 13.5 Å². The van der Waals surface area contributed by atoms with Crippen molar-refractivity contribution in [3.8, 4) is 0 Å². The zero-order valence-corrected chi connectivity index (χ0v) is 16.3. The number of nitrogens with zero attached hydrogens (tertiary/aromatic N) is 3. The molecule has 3 aliphatic rings. The number of rotatable bonds is 8. The number of nitrogens with two attached hydrogens (primary N) is 2. The Hall–Kier alpha value is -2.17. The number of urea groups is 1. The summed E-state index contributed by atoms with van der Waals surface area (Å²) in [5.41, 5.74) is 7.65. The van der Waals surface area contributed by atoms with E-state index in [1.807, 2.05) is 0 Å². The normalized spacial score (nSPS) is 29.7.